The molecule has 6 heteroatoms. The van der Waals surface area contributed by atoms with Crippen LogP contribution in [-0.2, 0) is 10.2 Å². The van der Waals surface area contributed by atoms with Gasteiger partial charge in [-0.25, -0.2) is 14.8 Å². The molecule has 6 nitrogen and oxygen atoms in total. The maximum atomic E-state index is 11.7. The van der Waals surface area contributed by atoms with Crippen LogP contribution in [0.4, 0.5) is 23.0 Å². The Hall–Kier alpha value is -3.41. The average molecular weight is 376 g/mol. The van der Waals surface area contributed by atoms with E-state index in [0.29, 0.717) is 17.2 Å². The van der Waals surface area contributed by atoms with Crippen molar-refractivity contribution in [3.05, 3.63) is 72.1 Å². The van der Waals surface area contributed by atoms with Gasteiger partial charge in [-0.1, -0.05) is 39.0 Å². The Kier molecular flexibility index (Phi) is 5.59. The van der Waals surface area contributed by atoms with Crippen molar-refractivity contribution in [1.29, 1.82) is 0 Å². The number of aromatic nitrogens is 2. The number of esters is 1. The van der Waals surface area contributed by atoms with Crippen LogP contribution in [-0.4, -0.2) is 23.0 Å². The van der Waals surface area contributed by atoms with Crippen LogP contribution < -0.4 is 10.6 Å². The van der Waals surface area contributed by atoms with Gasteiger partial charge in [0.25, 0.3) is 0 Å². The molecule has 0 radical (unpaired) electrons. The standard InChI is InChI=1S/C22H24N4O2/c1-22(2,3)16-8-10-17(11-9-16)25-19-13-20(24-14-23-19)26-18-7-5-6-15(12-18)21(27)28-4/h5-14H,1-4H3,(H2,23,24,25,26). The van der Waals surface area contributed by atoms with Gasteiger partial charge < -0.3 is 15.4 Å². The number of nitrogens with zero attached hydrogens (tertiary/aromatic N) is 2. The van der Waals surface area contributed by atoms with Gasteiger partial charge in [0.15, 0.2) is 0 Å². The van der Waals surface area contributed by atoms with Crippen LogP contribution in [0, 0.1) is 0 Å². The summed E-state index contributed by atoms with van der Waals surface area (Å²) in [6, 6.07) is 17.2. The molecule has 0 fully saturated rings. The minimum Gasteiger partial charge on any atom is -0.465 e. The topological polar surface area (TPSA) is 76.1 Å². The molecule has 0 unspecified atom stereocenters. The number of anilines is 4. The second-order valence-corrected chi connectivity index (χ2v) is 7.44. The predicted molar refractivity (Wildman–Crippen MR) is 112 cm³/mol. The van der Waals surface area contributed by atoms with Gasteiger partial charge in [0.2, 0.25) is 0 Å². The molecule has 144 valence electrons. The van der Waals surface area contributed by atoms with Crippen molar-refractivity contribution in [3.63, 3.8) is 0 Å². The number of hydrogen-bond acceptors (Lipinski definition) is 6. The van der Waals surface area contributed by atoms with E-state index in [9.17, 15) is 4.79 Å². The summed E-state index contributed by atoms with van der Waals surface area (Å²) in [5, 5.41) is 6.46. The fourth-order valence-electron chi connectivity index (χ4n) is 2.69. The van der Waals surface area contributed by atoms with Gasteiger partial charge in [0, 0.05) is 17.4 Å². The Labute approximate surface area is 165 Å². The second kappa shape index (κ2) is 8.08. The van der Waals surface area contributed by atoms with Crippen LogP contribution in [0.3, 0.4) is 0 Å². The number of hydrogen-bond donors (Lipinski definition) is 2. The minimum atomic E-state index is -0.382. The van der Waals surface area contributed by atoms with E-state index in [2.05, 4.69) is 53.5 Å². The third-order valence-corrected chi connectivity index (χ3v) is 4.25. The van der Waals surface area contributed by atoms with Gasteiger partial charge in [-0.05, 0) is 41.3 Å². The van der Waals surface area contributed by atoms with Crippen molar-refractivity contribution < 1.29 is 9.53 Å². The van der Waals surface area contributed by atoms with Gasteiger partial charge in [-0.3, -0.25) is 0 Å². The first-order valence-electron chi connectivity index (χ1n) is 9.00. The Bertz CT molecular complexity index is 963. The first kappa shape index (κ1) is 19.4. The monoisotopic (exact) mass is 376 g/mol. The zero-order valence-electron chi connectivity index (χ0n) is 16.5. The van der Waals surface area contributed by atoms with Crippen molar-refractivity contribution in [1.82, 2.24) is 9.97 Å². The number of benzene rings is 2. The predicted octanol–water partition coefficient (Wildman–Crippen LogP) is 5.05. The van der Waals surface area contributed by atoms with E-state index in [1.165, 1.54) is 19.0 Å². The highest BCUT2D eigenvalue weighted by atomic mass is 16.5. The van der Waals surface area contributed by atoms with Crippen molar-refractivity contribution in [2.45, 2.75) is 26.2 Å². The van der Waals surface area contributed by atoms with Crippen LogP contribution in [0.5, 0.6) is 0 Å². The van der Waals surface area contributed by atoms with Crippen LogP contribution in [0.15, 0.2) is 60.9 Å². The molecule has 3 rings (SSSR count). The van der Waals surface area contributed by atoms with Gasteiger partial charge >= 0.3 is 5.97 Å². The quantitative estimate of drug-likeness (QED) is 0.607. The molecule has 1 aromatic heterocycles. The number of carbonyl (C=O) groups is 1. The lowest BCUT2D eigenvalue weighted by Gasteiger charge is -2.19. The molecule has 0 atom stereocenters. The van der Waals surface area contributed by atoms with Crippen LogP contribution in [0.25, 0.3) is 0 Å². The fourth-order valence-corrected chi connectivity index (χ4v) is 2.69. The zero-order valence-corrected chi connectivity index (χ0v) is 16.5. The summed E-state index contributed by atoms with van der Waals surface area (Å²) in [5.41, 5.74) is 3.54. The van der Waals surface area contributed by atoms with Gasteiger partial charge in [0.05, 0.1) is 12.7 Å². The lowest BCUT2D eigenvalue weighted by atomic mass is 9.87. The van der Waals surface area contributed by atoms with E-state index in [1.807, 2.05) is 24.3 Å². The summed E-state index contributed by atoms with van der Waals surface area (Å²) in [7, 11) is 1.36. The SMILES string of the molecule is COC(=O)c1cccc(Nc2cc(Nc3ccc(C(C)(C)C)cc3)ncn2)c1. The molecule has 2 N–H and O–H groups in total. The smallest absolute Gasteiger partial charge is 0.337 e. The lowest BCUT2D eigenvalue weighted by molar-refractivity contribution is 0.0601. The van der Waals surface area contributed by atoms with E-state index in [-0.39, 0.29) is 11.4 Å². The molecule has 0 bridgehead atoms. The van der Waals surface area contributed by atoms with Crippen molar-refractivity contribution in [2.75, 3.05) is 17.7 Å². The van der Waals surface area contributed by atoms with E-state index in [4.69, 9.17) is 4.74 Å². The first-order chi connectivity index (χ1) is 13.3. The van der Waals surface area contributed by atoms with Crippen molar-refractivity contribution in [2.24, 2.45) is 0 Å². The van der Waals surface area contributed by atoms with Gasteiger partial charge in [0.1, 0.15) is 18.0 Å². The maximum Gasteiger partial charge on any atom is 0.337 e. The second-order valence-electron chi connectivity index (χ2n) is 7.44. The average Bonchev–Trinajstić information content (AvgIpc) is 2.67. The highest BCUT2D eigenvalue weighted by Crippen LogP contribution is 2.25. The molecular weight excluding hydrogens is 352 g/mol. The molecule has 3 aromatic rings. The van der Waals surface area contributed by atoms with Crippen molar-refractivity contribution >= 4 is 29.0 Å². The minimum absolute atomic E-state index is 0.114. The highest BCUT2D eigenvalue weighted by Gasteiger charge is 2.13. The molecule has 0 aliphatic heterocycles. The number of ether oxygens (including phenoxy) is 1. The van der Waals surface area contributed by atoms with E-state index in [0.717, 1.165) is 11.4 Å². The summed E-state index contributed by atoms with van der Waals surface area (Å²) in [4.78, 5) is 20.2. The summed E-state index contributed by atoms with van der Waals surface area (Å²) < 4.78 is 4.75. The largest absolute Gasteiger partial charge is 0.465 e. The summed E-state index contributed by atoms with van der Waals surface area (Å²) >= 11 is 0. The maximum absolute atomic E-state index is 11.7. The van der Waals surface area contributed by atoms with Crippen LogP contribution >= 0.6 is 0 Å². The van der Waals surface area contributed by atoms with Crippen LogP contribution in [0.1, 0.15) is 36.7 Å². The van der Waals surface area contributed by atoms with E-state index in [1.54, 1.807) is 18.2 Å². The van der Waals surface area contributed by atoms with Crippen LogP contribution in [0.2, 0.25) is 0 Å². The molecule has 0 amide bonds. The normalized spacial score (nSPS) is 11.0. The molecule has 0 spiro atoms. The zero-order chi connectivity index (χ0) is 20.1. The van der Waals surface area contributed by atoms with Gasteiger partial charge in [-0.15, -0.1) is 0 Å². The molecular formula is C22H24N4O2. The molecule has 0 saturated carbocycles. The van der Waals surface area contributed by atoms with E-state index < -0.39 is 0 Å². The Morgan fingerprint density at radius 2 is 1.54 bits per heavy atom. The van der Waals surface area contributed by atoms with Gasteiger partial charge in [-0.2, -0.15) is 0 Å². The van der Waals surface area contributed by atoms with E-state index >= 15 is 0 Å². The highest BCUT2D eigenvalue weighted by molar-refractivity contribution is 5.90. The lowest BCUT2D eigenvalue weighted by Crippen LogP contribution is -2.10. The first-order valence-corrected chi connectivity index (χ1v) is 9.00. The Morgan fingerprint density at radius 3 is 2.14 bits per heavy atom. The molecule has 0 aliphatic rings. The molecule has 1 heterocycles. The van der Waals surface area contributed by atoms with Crippen molar-refractivity contribution in [3.8, 4) is 0 Å². The Balaban J connectivity index is 1.73. The summed E-state index contributed by atoms with van der Waals surface area (Å²) in [6.45, 7) is 6.56. The fraction of sp³-hybridized carbons (Fsp3) is 0.227. The number of methoxy groups -OCH3 is 1. The third-order valence-electron chi connectivity index (χ3n) is 4.25. The molecule has 0 saturated heterocycles. The Morgan fingerprint density at radius 1 is 0.893 bits per heavy atom. The molecule has 0 aliphatic carbocycles. The summed E-state index contributed by atoms with van der Waals surface area (Å²) in [6.07, 6.45) is 1.48. The third kappa shape index (κ3) is 4.85. The molecule has 28 heavy (non-hydrogen) atoms. The number of nitrogens with one attached hydrogen (secondary N) is 2. The number of rotatable bonds is 5. The molecule has 2 aromatic carbocycles. The number of carbonyl (C=O) groups excluding carboxylic acids is 1. The summed E-state index contributed by atoms with van der Waals surface area (Å²) in [5.74, 6) is 0.906.